The Kier molecular flexibility index (Phi) is 4.02. The van der Waals surface area contributed by atoms with Gasteiger partial charge in [-0.05, 0) is 17.7 Å². The van der Waals surface area contributed by atoms with Crippen LogP contribution in [0.3, 0.4) is 0 Å². The molecule has 0 aliphatic rings. The van der Waals surface area contributed by atoms with Crippen molar-refractivity contribution >= 4 is 11.6 Å². The molecule has 19 heavy (non-hydrogen) atoms. The van der Waals surface area contributed by atoms with Gasteiger partial charge >= 0.3 is 11.1 Å². The van der Waals surface area contributed by atoms with Crippen LogP contribution in [0.2, 0.25) is 5.02 Å². The second kappa shape index (κ2) is 5.71. The molecule has 1 heterocycles. The Hall–Kier alpha value is -2.07. The Morgan fingerprint density at radius 3 is 2.53 bits per heavy atom. The van der Waals surface area contributed by atoms with Gasteiger partial charge in [0.25, 0.3) is 0 Å². The maximum atomic E-state index is 11.9. The lowest BCUT2D eigenvalue weighted by molar-refractivity contribution is 0.673. The molecule has 98 valence electrons. The van der Waals surface area contributed by atoms with Gasteiger partial charge in [-0.3, -0.25) is 9.59 Å². The van der Waals surface area contributed by atoms with E-state index in [1.54, 1.807) is 30.6 Å². The molecule has 5 heteroatoms. The Bertz CT molecular complexity index is 716. The third-order valence-corrected chi connectivity index (χ3v) is 2.93. The molecule has 0 spiro atoms. The Labute approximate surface area is 115 Å². The van der Waals surface area contributed by atoms with Crippen LogP contribution in [0.15, 0.2) is 58.9 Å². The van der Waals surface area contributed by atoms with Crippen LogP contribution in [0.4, 0.5) is 0 Å². The molecule has 0 fully saturated rings. The first-order valence-electron chi connectivity index (χ1n) is 5.77. The van der Waals surface area contributed by atoms with Crippen LogP contribution >= 0.6 is 11.6 Å². The summed E-state index contributed by atoms with van der Waals surface area (Å²) in [4.78, 5) is 23.7. The minimum absolute atomic E-state index is 0.323. The maximum Gasteiger partial charge on any atom is 0.316 e. The summed E-state index contributed by atoms with van der Waals surface area (Å²) in [5.41, 5.74) is -0.232. The fraction of sp³-hybridized carbons (Fsp3) is 0.143. The number of halogens is 1. The highest BCUT2D eigenvalue weighted by atomic mass is 35.5. The number of nitrogens with zero attached hydrogens (tertiary/aromatic N) is 2. The highest BCUT2D eigenvalue weighted by Crippen LogP contribution is 2.10. The molecule has 2 rings (SSSR count). The Morgan fingerprint density at radius 1 is 1.16 bits per heavy atom. The summed E-state index contributed by atoms with van der Waals surface area (Å²) in [5, 5.41) is 0.602. The van der Waals surface area contributed by atoms with Crippen LogP contribution in [0, 0.1) is 0 Å². The van der Waals surface area contributed by atoms with Crippen LogP contribution in [0.1, 0.15) is 5.56 Å². The van der Waals surface area contributed by atoms with E-state index in [1.165, 1.54) is 9.13 Å². The molecule has 0 saturated heterocycles. The van der Waals surface area contributed by atoms with Crippen molar-refractivity contribution in [3.8, 4) is 0 Å². The largest absolute Gasteiger partial charge is 0.316 e. The van der Waals surface area contributed by atoms with E-state index in [9.17, 15) is 9.59 Å². The minimum Gasteiger partial charge on any atom is -0.306 e. The van der Waals surface area contributed by atoms with Crippen molar-refractivity contribution in [2.75, 3.05) is 0 Å². The van der Waals surface area contributed by atoms with Gasteiger partial charge in [0.15, 0.2) is 0 Å². The molecule has 0 amide bonds. The van der Waals surface area contributed by atoms with Crippen molar-refractivity contribution in [3.05, 3.63) is 80.6 Å². The number of hydrogen-bond donors (Lipinski definition) is 0. The minimum atomic E-state index is -0.552. The Balaban J connectivity index is 2.37. The van der Waals surface area contributed by atoms with Gasteiger partial charge in [-0.15, -0.1) is 6.58 Å². The molecule has 4 nitrogen and oxygen atoms in total. The number of rotatable bonds is 4. The van der Waals surface area contributed by atoms with Crippen LogP contribution in [0.5, 0.6) is 0 Å². The summed E-state index contributed by atoms with van der Waals surface area (Å²) in [5.74, 6) is 0. The van der Waals surface area contributed by atoms with Gasteiger partial charge in [0, 0.05) is 24.0 Å². The first-order valence-corrected chi connectivity index (χ1v) is 6.15. The van der Waals surface area contributed by atoms with Crippen molar-refractivity contribution in [2.45, 2.75) is 13.1 Å². The van der Waals surface area contributed by atoms with E-state index in [0.29, 0.717) is 18.1 Å². The number of allylic oxidation sites excluding steroid dienone is 1. The predicted octanol–water partition coefficient (Wildman–Crippen LogP) is 1.90. The Morgan fingerprint density at radius 2 is 1.84 bits per heavy atom. The van der Waals surface area contributed by atoms with E-state index < -0.39 is 11.1 Å². The summed E-state index contributed by atoms with van der Waals surface area (Å²) >= 11 is 5.88. The van der Waals surface area contributed by atoms with E-state index in [4.69, 9.17) is 11.6 Å². The molecule has 0 radical (unpaired) electrons. The molecule has 1 aromatic heterocycles. The van der Waals surface area contributed by atoms with Gasteiger partial charge in [-0.2, -0.15) is 0 Å². The zero-order valence-electron chi connectivity index (χ0n) is 10.3. The zero-order chi connectivity index (χ0) is 13.8. The molecule has 0 atom stereocenters. The van der Waals surface area contributed by atoms with Crippen molar-refractivity contribution in [2.24, 2.45) is 0 Å². The average Bonchev–Trinajstić information content (AvgIpc) is 2.39. The molecular weight excluding hydrogens is 264 g/mol. The SMILES string of the molecule is C=CCn1ccn(Cc2cccc(Cl)c2)c(=O)c1=O. The second-order valence-corrected chi connectivity index (χ2v) is 4.54. The summed E-state index contributed by atoms with van der Waals surface area (Å²) < 4.78 is 2.69. The van der Waals surface area contributed by atoms with E-state index in [0.717, 1.165) is 5.56 Å². The lowest BCUT2D eigenvalue weighted by Crippen LogP contribution is -2.40. The third kappa shape index (κ3) is 3.03. The molecule has 2 aromatic rings. The normalized spacial score (nSPS) is 10.4. The van der Waals surface area contributed by atoms with Gasteiger partial charge in [-0.25, -0.2) is 0 Å². The van der Waals surface area contributed by atoms with Crippen LogP contribution in [-0.2, 0) is 13.1 Å². The average molecular weight is 277 g/mol. The van der Waals surface area contributed by atoms with Gasteiger partial charge in [-0.1, -0.05) is 29.8 Å². The van der Waals surface area contributed by atoms with Crippen molar-refractivity contribution < 1.29 is 0 Å². The number of benzene rings is 1. The van der Waals surface area contributed by atoms with E-state index in [1.807, 2.05) is 12.1 Å². The summed E-state index contributed by atoms with van der Waals surface area (Å²) in [6.45, 7) is 4.19. The molecule has 0 bridgehead atoms. The first-order chi connectivity index (χ1) is 9.11. The van der Waals surface area contributed by atoms with Gasteiger partial charge in [0.1, 0.15) is 0 Å². The fourth-order valence-corrected chi connectivity index (χ4v) is 1.99. The van der Waals surface area contributed by atoms with Crippen LogP contribution < -0.4 is 11.1 Å². The standard InChI is InChI=1S/C14H13ClN2O2/c1-2-6-16-7-8-17(14(19)13(16)18)10-11-4-3-5-12(15)9-11/h2-5,7-9H,1,6,10H2. The number of aromatic nitrogens is 2. The lowest BCUT2D eigenvalue weighted by Gasteiger charge is -2.07. The van der Waals surface area contributed by atoms with Gasteiger partial charge in [0.05, 0.1) is 6.54 Å². The fourth-order valence-electron chi connectivity index (χ4n) is 1.78. The molecule has 0 unspecified atom stereocenters. The summed E-state index contributed by atoms with van der Waals surface area (Å²) in [6, 6.07) is 7.19. The van der Waals surface area contributed by atoms with Crippen LogP contribution in [-0.4, -0.2) is 9.13 Å². The molecule has 0 N–H and O–H groups in total. The van der Waals surface area contributed by atoms with E-state index in [2.05, 4.69) is 6.58 Å². The lowest BCUT2D eigenvalue weighted by atomic mass is 10.2. The molecule has 0 aliphatic carbocycles. The van der Waals surface area contributed by atoms with E-state index >= 15 is 0 Å². The second-order valence-electron chi connectivity index (χ2n) is 4.11. The number of hydrogen-bond acceptors (Lipinski definition) is 2. The summed E-state index contributed by atoms with van der Waals surface area (Å²) in [6.07, 6.45) is 4.74. The highest BCUT2D eigenvalue weighted by Gasteiger charge is 2.04. The van der Waals surface area contributed by atoms with Crippen molar-refractivity contribution in [1.29, 1.82) is 0 Å². The first kappa shape index (κ1) is 13.4. The van der Waals surface area contributed by atoms with E-state index in [-0.39, 0.29) is 0 Å². The molecular formula is C14H13ClN2O2. The topological polar surface area (TPSA) is 44.0 Å². The molecule has 0 saturated carbocycles. The van der Waals surface area contributed by atoms with Crippen LogP contribution in [0.25, 0.3) is 0 Å². The smallest absolute Gasteiger partial charge is 0.306 e. The monoisotopic (exact) mass is 276 g/mol. The van der Waals surface area contributed by atoms with Gasteiger partial charge in [0.2, 0.25) is 0 Å². The maximum absolute atomic E-state index is 11.9. The highest BCUT2D eigenvalue weighted by molar-refractivity contribution is 6.30. The zero-order valence-corrected chi connectivity index (χ0v) is 11.0. The third-order valence-electron chi connectivity index (χ3n) is 2.70. The molecule has 1 aromatic carbocycles. The van der Waals surface area contributed by atoms with Gasteiger partial charge < -0.3 is 9.13 Å². The van der Waals surface area contributed by atoms with Crippen molar-refractivity contribution in [3.63, 3.8) is 0 Å². The quantitative estimate of drug-likeness (QED) is 0.632. The molecule has 0 aliphatic heterocycles. The predicted molar refractivity (Wildman–Crippen MR) is 75.7 cm³/mol. The van der Waals surface area contributed by atoms with Crippen molar-refractivity contribution in [1.82, 2.24) is 9.13 Å². The summed E-state index contributed by atoms with van der Waals surface area (Å²) in [7, 11) is 0.